The number of rotatable bonds is 4. The van der Waals surface area contributed by atoms with Crippen LogP contribution in [0.3, 0.4) is 0 Å². The van der Waals surface area contributed by atoms with Gasteiger partial charge in [-0.25, -0.2) is 0 Å². The highest BCUT2D eigenvalue weighted by atomic mass is 14.8. The van der Waals surface area contributed by atoms with Crippen molar-refractivity contribution in [3.63, 3.8) is 0 Å². The van der Waals surface area contributed by atoms with E-state index in [2.05, 4.69) is 11.2 Å². The first-order valence-corrected chi connectivity index (χ1v) is 6.94. The van der Waals surface area contributed by atoms with Gasteiger partial charge in [0.05, 0.1) is 6.54 Å². The lowest BCUT2D eigenvalue weighted by atomic mass is 9.49. The summed E-state index contributed by atoms with van der Waals surface area (Å²) < 4.78 is 0. The summed E-state index contributed by atoms with van der Waals surface area (Å²) in [5, 5.41) is 3.37. The summed E-state index contributed by atoms with van der Waals surface area (Å²) in [4.78, 5) is 0. The van der Waals surface area contributed by atoms with E-state index in [1.807, 2.05) is 0 Å². The Balaban J connectivity index is 1.59. The number of terminal acetylenes is 1. The van der Waals surface area contributed by atoms with Gasteiger partial charge in [0.15, 0.2) is 0 Å². The fourth-order valence-electron chi connectivity index (χ4n) is 5.11. The first kappa shape index (κ1) is 10.7. The predicted octanol–water partition coefficient (Wildman–Crippen LogP) is 2.82. The van der Waals surface area contributed by atoms with E-state index in [1.165, 1.54) is 25.7 Å². The molecule has 0 heterocycles. The fourth-order valence-corrected chi connectivity index (χ4v) is 5.11. The third-order valence-electron chi connectivity index (χ3n) is 5.22. The van der Waals surface area contributed by atoms with E-state index in [0.29, 0.717) is 0 Å². The molecule has 4 aliphatic carbocycles. The van der Waals surface area contributed by atoms with E-state index in [-0.39, 0.29) is 0 Å². The Hall–Kier alpha value is -0.480. The van der Waals surface area contributed by atoms with Crippen molar-refractivity contribution in [1.82, 2.24) is 5.32 Å². The van der Waals surface area contributed by atoms with Crippen molar-refractivity contribution >= 4 is 0 Å². The molecule has 4 rings (SSSR count). The summed E-state index contributed by atoms with van der Waals surface area (Å²) >= 11 is 0. The molecule has 0 aromatic carbocycles. The predicted molar refractivity (Wildman–Crippen MR) is 66.9 cm³/mol. The lowest BCUT2D eigenvalue weighted by Crippen LogP contribution is -2.47. The molecule has 0 saturated heterocycles. The Morgan fingerprint density at radius 2 is 1.62 bits per heavy atom. The first-order chi connectivity index (χ1) is 7.80. The Labute approximate surface area is 99.4 Å². The van der Waals surface area contributed by atoms with E-state index in [9.17, 15) is 0 Å². The highest BCUT2D eigenvalue weighted by molar-refractivity contribution is 5.01. The topological polar surface area (TPSA) is 12.0 Å². The third-order valence-corrected chi connectivity index (χ3v) is 5.22. The fraction of sp³-hybridized carbons (Fsp3) is 0.867. The van der Waals surface area contributed by atoms with Crippen LogP contribution in [0, 0.1) is 35.5 Å². The number of hydrogen-bond donors (Lipinski definition) is 1. The molecule has 0 aromatic heterocycles. The van der Waals surface area contributed by atoms with Crippen molar-refractivity contribution in [3.05, 3.63) is 0 Å². The van der Waals surface area contributed by atoms with Crippen LogP contribution in [0.5, 0.6) is 0 Å². The molecule has 0 spiro atoms. The van der Waals surface area contributed by atoms with Crippen LogP contribution >= 0.6 is 0 Å². The van der Waals surface area contributed by atoms with Crippen molar-refractivity contribution in [1.29, 1.82) is 0 Å². The summed E-state index contributed by atoms with van der Waals surface area (Å²) in [6.07, 6.45) is 15.9. The minimum Gasteiger partial charge on any atom is -0.306 e. The van der Waals surface area contributed by atoms with Gasteiger partial charge < -0.3 is 5.32 Å². The molecule has 0 aromatic rings. The maximum absolute atomic E-state index is 5.26. The van der Waals surface area contributed by atoms with E-state index in [1.54, 1.807) is 19.3 Å². The van der Waals surface area contributed by atoms with Crippen LogP contribution in [-0.2, 0) is 0 Å². The molecule has 0 atom stereocenters. The summed E-state index contributed by atoms with van der Waals surface area (Å²) in [6, 6.07) is 0. The summed E-state index contributed by atoms with van der Waals surface area (Å²) in [7, 11) is 0. The Kier molecular flexibility index (Phi) is 2.72. The van der Waals surface area contributed by atoms with Crippen LogP contribution < -0.4 is 5.32 Å². The van der Waals surface area contributed by atoms with Gasteiger partial charge in [-0.2, -0.15) is 0 Å². The third kappa shape index (κ3) is 1.89. The zero-order valence-electron chi connectivity index (χ0n) is 10.2. The molecule has 1 nitrogen and oxygen atoms in total. The van der Waals surface area contributed by atoms with E-state index in [0.717, 1.165) is 36.3 Å². The summed E-state index contributed by atoms with van der Waals surface area (Å²) in [6.45, 7) is 1.88. The van der Waals surface area contributed by atoms with Crippen molar-refractivity contribution in [2.24, 2.45) is 23.2 Å². The maximum Gasteiger partial charge on any atom is 0.0573 e. The van der Waals surface area contributed by atoms with Crippen molar-refractivity contribution in [2.75, 3.05) is 13.1 Å². The highest BCUT2D eigenvalue weighted by Crippen LogP contribution is 2.61. The highest BCUT2D eigenvalue weighted by Gasteiger charge is 2.50. The van der Waals surface area contributed by atoms with Crippen LogP contribution in [0.25, 0.3) is 0 Å². The largest absolute Gasteiger partial charge is 0.306 e. The van der Waals surface area contributed by atoms with Crippen LogP contribution in [0.15, 0.2) is 0 Å². The van der Waals surface area contributed by atoms with Gasteiger partial charge in [-0.1, -0.05) is 5.92 Å². The van der Waals surface area contributed by atoms with Gasteiger partial charge in [0.1, 0.15) is 0 Å². The molecule has 0 unspecified atom stereocenters. The minimum absolute atomic E-state index is 0.719. The van der Waals surface area contributed by atoms with Gasteiger partial charge in [-0.3, -0.25) is 0 Å². The van der Waals surface area contributed by atoms with Gasteiger partial charge in [0, 0.05) is 0 Å². The normalized spacial score (nSPS) is 44.6. The quantitative estimate of drug-likeness (QED) is 0.564. The molecular formula is C15H23N. The van der Waals surface area contributed by atoms with E-state index >= 15 is 0 Å². The number of hydrogen-bond acceptors (Lipinski definition) is 1. The van der Waals surface area contributed by atoms with Crippen LogP contribution in [0.2, 0.25) is 0 Å². The molecule has 16 heavy (non-hydrogen) atoms. The smallest absolute Gasteiger partial charge is 0.0573 e. The molecule has 0 amide bonds. The van der Waals surface area contributed by atoms with Crippen LogP contribution in [-0.4, -0.2) is 13.1 Å². The van der Waals surface area contributed by atoms with Gasteiger partial charge >= 0.3 is 0 Å². The number of nitrogens with one attached hydrogen (secondary N) is 1. The second-order valence-electron chi connectivity index (χ2n) is 6.55. The molecule has 4 bridgehead atoms. The van der Waals surface area contributed by atoms with Crippen molar-refractivity contribution in [2.45, 2.75) is 44.9 Å². The molecule has 4 fully saturated rings. The average Bonchev–Trinajstić information content (AvgIpc) is 2.22. The minimum atomic E-state index is 0.719. The zero-order chi connectivity index (χ0) is 11.0. The lowest BCUT2D eigenvalue weighted by Gasteiger charge is -2.57. The molecule has 0 aliphatic heterocycles. The molecule has 0 radical (unpaired) electrons. The monoisotopic (exact) mass is 217 g/mol. The molecular weight excluding hydrogens is 194 g/mol. The van der Waals surface area contributed by atoms with Gasteiger partial charge in [-0.05, 0) is 74.7 Å². The van der Waals surface area contributed by atoms with Gasteiger partial charge in [-0.15, -0.1) is 6.42 Å². The lowest BCUT2D eigenvalue weighted by molar-refractivity contribution is -0.0566. The van der Waals surface area contributed by atoms with E-state index in [4.69, 9.17) is 6.42 Å². The average molecular weight is 217 g/mol. The second-order valence-corrected chi connectivity index (χ2v) is 6.55. The SMILES string of the molecule is C#CCNCCC12CC3CC(CC(C3)C1)C2. The van der Waals surface area contributed by atoms with Crippen LogP contribution in [0.1, 0.15) is 44.9 Å². The summed E-state index contributed by atoms with van der Waals surface area (Å²) in [5.41, 5.74) is 0.719. The molecule has 4 aliphatic rings. The Morgan fingerprint density at radius 1 is 1.06 bits per heavy atom. The van der Waals surface area contributed by atoms with Crippen molar-refractivity contribution < 1.29 is 0 Å². The van der Waals surface area contributed by atoms with Gasteiger partial charge in [0.25, 0.3) is 0 Å². The first-order valence-electron chi connectivity index (χ1n) is 6.94. The van der Waals surface area contributed by atoms with Crippen LogP contribution in [0.4, 0.5) is 0 Å². The Bertz CT molecular complexity index is 264. The van der Waals surface area contributed by atoms with Gasteiger partial charge in [0.2, 0.25) is 0 Å². The molecule has 1 N–H and O–H groups in total. The standard InChI is InChI=1S/C15H23N/c1-2-4-16-5-3-15-9-12-6-13(10-15)8-14(7-12)11-15/h1,12-14,16H,3-11H2. The summed E-state index contributed by atoms with van der Waals surface area (Å²) in [5.74, 6) is 5.91. The molecule has 4 saturated carbocycles. The second kappa shape index (κ2) is 4.08. The van der Waals surface area contributed by atoms with E-state index < -0.39 is 0 Å². The van der Waals surface area contributed by atoms with Crippen molar-refractivity contribution in [3.8, 4) is 12.3 Å². The molecule has 88 valence electrons. The Morgan fingerprint density at radius 3 is 2.12 bits per heavy atom. The zero-order valence-corrected chi connectivity index (χ0v) is 10.2. The molecule has 1 heteroatoms. The maximum atomic E-state index is 5.26.